The summed E-state index contributed by atoms with van der Waals surface area (Å²) in [5.41, 5.74) is 9.75. The summed E-state index contributed by atoms with van der Waals surface area (Å²) in [6.07, 6.45) is 1.12. The fraction of sp³-hybridized carbons (Fsp3) is 0.286. The molecule has 1 aliphatic rings. The molecule has 0 amide bonds. The van der Waals surface area contributed by atoms with E-state index in [1.807, 2.05) is 17.4 Å². The maximum Gasteiger partial charge on any atom is 0.0362 e. The van der Waals surface area contributed by atoms with Gasteiger partial charge in [-0.2, -0.15) is 0 Å². The Labute approximate surface area is 106 Å². The normalized spacial score (nSPS) is 15.8. The van der Waals surface area contributed by atoms with Crippen molar-refractivity contribution in [3.8, 4) is 0 Å². The Balaban J connectivity index is 1.78. The molecule has 0 radical (unpaired) electrons. The molecule has 0 unspecified atom stereocenters. The second-order valence-electron chi connectivity index (χ2n) is 4.52. The minimum absolute atomic E-state index is 0.943. The summed E-state index contributed by atoms with van der Waals surface area (Å²) >= 11 is 1.83. The lowest BCUT2D eigenvalue weighted by Gasteiger charge is -2.29. The van der Waals surface area contributed by atoms with Crippen LogP contribution in [-0.2, 0) is 19.5 Å². The lowest BCUT2D eigenvalue weighted by atomic mass is 9.98. The average Bonchev–Trinajstić information content (AvgIpc) is 2.83. The topological polar surface area (TPSA) is 29.3 Å². The zero-order chi connectivity index (χ0) is 11.7. The van der Waals surface area contributed by atoms with Gasteiger partial charge in [-0.15, -0.1) is 11.3 Å². The molecule has 3 rings (SSSR count). The van der Waals surface area contributed by atoms with Crippen molar-refractivity contribution in [3.63, 3.8) is 0 Å². The number of nitrogens with zero attached hydrogens (tertiary/aromatic N) is 1. The highest BCUT2D eigenvalue weighted by atomic mass is 32.1. The van der Waals surface area contributed by atoms with Crippen molar-refractivity contribution in [2.75, 3.05) is 12.3 Å². The molecule has 1 aromatic heterocycles. The third kappa shape index (κ3) is 2.21. The van der Waals surface area contributed by atoms with Gasteiger partial charge in [0.2, 0.25) is 0 Å². The number of hydrogen-bond donors (Lipinski definition) is 1. The van der Waals surface area contributed by atoms with E-state index in [0.29, 0.717) is 0 Å². The molecule has 1 aliphatic heterocycles. The van der Waals surface area contributed by atoms with Crippen molar-refractivity contribution in [3.05, 3.63) is 51.7 Å². The Bertz CT molecular complexity index is 505. The second kappa shape index (κ2) is 4.51. The molecule has 0 bridgehead atoms. The van der Waals surface area contributed by atoms with Gasteiger partial charge >= 0.3 is 0 Å². The Morgan fingerprint density at radius 2 is 2.18 bits per heavy atom. The minimum Gasteiger partial charge on any atom is -0.398 e. The van der Waals surface area contributed by atoms with Crippen LogP contribution in [0.4, 0.5) is 5.69 Å². The van der Waals surface area contributed by atoms with Crippen LogP contribution in [0.1, 0.15) is 16.0 Å². The summed E-state index contributed by atoms with van der Waals surface area (Å²) in [7, 11) is 0. The van der Waals surface area contributed by atoms with Crippen LogP contribution < -0.4 is 5.73 Å². The number of hydrogen-bond acceptors (Lipinski definition) is 3. The van der Waals surface area contributed by atoms with Crippen molar-refractivity contribution >= 4 is 17.0 Å². The molecule has 0 atom stereocenters. The molecule has 2 heterocycles. The van der Waals surface area contributed by atoms with Crippen LogP contribution in [0, 0.1) is 0 Å². The van der Waals surface area contributed by atoms with E-state index in [1.165, 1.54) is 16.0 Å². The molecule has 2 nitrogen and oxygen atoms in total. The summed E-state index contributed by atoms with van der Waals surface area (Å²) in [6, 6.07) is 10.6. The van der Waals surface area contributed by atoms with E-state index in [-0.39, 0.29) is 0 Å². The Kier molecular flexibility index (Phi) is 2.87. The monoisotopic (exact) mass is 244 g/mol. The predicted molar refractivity (Wildman–Crippen MR) is 73.0 cm³/mol. The van der Waals surface area contributed by atoms with Crippen LogP contribution >= 0.6 is 11.3 Å². The number of anilines is 1. The Morgan fingerprint density at radius 3 is 3.00 bits per heavy atom. The summed E-state index contributed by atoms with van der Waals surface area (Å²) in [6.45, 7) is 3.17. The lowest BCUT2D eigenvalue weighted by Crippen LogP contribution is -2.30. The van der Waals surface area contributed by atoms with Gasteiger partial charge in [0.15, 0.2) is 0 Å². The van der Waals surface area contributed by atoms with Gasteiger partial charge in [0.25, 0.3) is 0 Å². The number of nitrogen functional groups attached to an aromatic ring is 1. The van der Waals surface area contributed by atoms with E-state index in [9.17, 15) is 0 Å². The van der Waals surface area contributed by atoms with Gasteiger partial charge in [0.05, 0.1) is 0 Å². The van der Waals surface area contributed by atoms with Crippen LogP contribution in [0.5, 0.6) is 0 Å². The number of nitrogens with two attached hydrogens (primary N) is 1. The van der Waals surface area contributed by atoms with Gasteiger partial charge in [-0.05, 0) is 35.1 Å². The summed E-state index contributed by atoms with van der Waals surface area (Å²) in [5.74, 6) is 0. The Hall–Kier alpha value is -1.32. The van der Waals surface area contributed by atoms with E-state index in [2.05, 4.69) is 34.5 Å². The van der Waals surface area contributed by atoms with E-state index < -0.39 is 0 Å². The van der Waals surface area contributed by atoms with Crippen LogP contribution in [0.3, 0.4) is 0 Å². The molecule has 2 aromatic rings. The third-order valence-corrected chi connectivity index (χ3v) is 4.21. The van der Waals surface area contributed by atoms with Crippen LogP contribution in [0.25, 0.3) is 0 Å². The fourth-order valence-electron chi connectivity index (χ4n) is 2.42. The highest BCUT2D eigenvalue weighted by molar-refractivity contribution is 7.09. The predicted octanol–water partition coefficient (Wildman–Crippen LogP) is 2.89. The molecule has 0 fully saturated rings. The van der Waals surface area contributed by atoms with Crippen molar-refractivity contribution in [1.29, 1.82) is 0 Å². The van der Waals surface area contributed by atoms with Gasteiger partial charge in [-0.3, -0.25) is 4.90 Å². The maximum atomic E-state index is 6.05. The molecule has 3 heteroatoms. The van der Waals surface area contributed by atoms with Gasteiger partial charge in [-0.25, -0.2) is 0 Å². The standard InChI is InChI=1S/C14H16N2S/c15-14-5-1-3-11-6-7-16(10-13(11)14)9-12-4-2-8-17-12/h1-5,8H,6-7,9-10,15H2. The van der Waals surface area contributed by atoms with Gasteiger partial charge < -0.3 is 5.73 Å². The van der Waals surface area contributed by atoms with Crippen LogP contribution in [-0.4, -0.2) is 11.4 Å². The number of rotatable bonds is 2. The summed E-state index contributed by atoms with van der Waals surface area (Å²) < 4.78 is 0. The quantitative estimate of drug-likeness (QED) is 0.823. The minimum atomic E-state index is 0.943. The molecule has 1 aromatic carbocycles. The van der Waals surface area contributed by atoms with Crippen molar-refractivity contribution in [2.24, 2.45) is 0 Å². The SMILES string of the molecule is Nc1cccc2c1CN(Cc1cccs1)CC2. The van der Waals surface area contributed by atoms with E-state index in [0.717, 1.165) is 31.7 Å². The smallest absolute Gasteiger partial charge is 0.0362 e. The third-order valence-electron chi connectivity index (χ3n) is 3.35. The largest absolute Gasteiger partial charge is 0.398 e. The first-order valence-electron chi connectivity index (χ1n) is 5.94. The van der Waals surface area contributed by atoms with E-state index in [4.69, 9.17) is 5.73 Å². The molecule has 88 valence electrons. The first-order valence-corrected chi connectivity index (χ1v) is 6.82. The lowest BCUT2D eigenvalue weighted by molar-refractivity contribution is 0.248. The highest BCUT2D eigenvalue weighted by Gasteiger charge is 2.18. The number of fused-ring (bicyclic) bond motifs is 1. The first-order chi connectivity index (χ1) is 8.33. The molecular formula is C14H16N2S. The number of thiophene rings is 1. The maximum absolute atomic E-state index is 6.05. The van der Waals surface area contributed by atoms with Crippen molar-refractivity contribution in [1.82, 2.24) is 4.90 Å². The first kappa shape index (κ1) is 10.8. The molecule has 0 spiro atoms. The summed E-state index contributed by atoms with van der Waals surface area (Å²) in [4.78, 5) is 3.91. The zero-order valence-corrected chi connectivity index (χ0v) is 10.5. The summed E-state index contributed by atoms with van der Waals surface area (Å²) in [5, 5.41) is 2.14. The molecule has 2 N–H and O–H groups in total. The van der Waals surface area contributed by atoms with Gasteiger partial charge in [0.1, 0.15) is 0 Å². The van der Waals surface area contributed by atoms with E-state index >= 15 is 0 Å². The molecule has 0 aliphatic carbocycles. The van der Waals surface area contributed by atoms with Crippen molar-refractivity contribution in [2.45, 2.75) is 19.5 Å². The van der Waals surface area contributed by atoms with Gasteiger partial charge in [-0.1, -0.05) is 18.2 Å². The van der Waals surface area contributed by atoms with E-state index in [1.54, 1.807) is 0 Å². The molecule has 17 heavy (non-hydrogen) atoms. The van der Waals surface area contributed by atoms with Crippen LogP contribution in [0.2, 0.25) is 0 Å². The number of benzene rings is 1. The Morgan fingerprint density at radius 1 is 1.24 bits per heavy atom. The second-order valence-corrected chi connectivity index (χ2v) is 5.56. The highest BCUT2D eigenvalue weighted by Crippen LogP contribution is 2.25. The van der Waals surface area contributed by atoms with Gasteiger partial charge in [0, 0.05) is 30.2 Å². The molecule has 0 saturated carbocycles. The average molecular weight is 244 g/mol. The molecule has 0 saturated heterocycles. The molecular weight excluding hydrogens is 228 g/mol. The van der Waals surface area contributed by atoms with Crippen molar-refractivity contribution < 1.29 is 0 Å². The van der Waals surface area contributed by atoms with Crippen LogP contribution in [0.15, 0.2) is 35.7 Å². The zero-order valence-electron chi connectivity index (χ0n) is 9.73. The fourth-order valence-corrected chi connectivity index (χ4v) is 3.17.